The van der Waals surface area contributed by atoms with Gasteiger partial charge in [-0.15, -0.1) is 0 Å². The van der Waals surface area contributed by atoms with Crippen molar-refractivity contribution in [1.29, 1.82) is 0 Å². The number of halogens is 2. The lowest BCUT2D eigenvalue weighted by Gasteiger charge is -2.08. The lowest BCUT2D eigenvalue weighted by Crippen LogP contribution is -2.10. The van der Waals surface area contributed by atoms with E-state index in [1.807, 2.05) is 0 Å². The Balaban J connectivity index is 2.71. The summed E-state index contributed by atoms with van der Waals surface area (Å²) >= 11 is 5.85. The average molecular weight is 244 g/mol. The van der Waals surface area contributed by atoms with Gasteiger partial charge < -0.3 is 10.5 Å². The van der Waals surface area contributed by atoms with Crippen LogP contribution in [-0.2, 0) is 0 Å². The molecular formula is C11H11ClFNO2. The van der Waals surface area contributed by atoms with Gasteiger partial charge in [0.25, 0.3) is 0 Å². The Kier molecular flexibility index (Phi) is 4.95. The molecule has 1 aromatic rings. The first kappa shape index (κ1) is 12.7. The Morgan fingerprint density at radius 2 is 2.31 bits per heavy atom. The third-order valence-corrected chi connectivity index (χ3v) is 2.22. The van der Waals surface area contributed by atoms with Gasteiger partial charge in [0, 0.05) is 17.7 Å². The molecule has 0 unspecified atom stereocenters. The Hall–Kier alpha value is -1.39. The molecule has 5 heteroatoms. The minimum Gasteiger partial charge on any atom is -0.488 e. The zero-order chi connectivity index (χ0) is 12.0. The molecule has 0 aliphatic heterocycles. The average Bonchev–Trinajstić information content (AvgIpc) is 2.32. The summed E-state index contributed by atoms with van der Waals surface area (Å²) in [7, 11) is 0. The van der Waals surface area contributed by atoms with Crippen molar-refractivity contribution in [3.63, 3.8) is 0 Å². The molecular weight excluding hydrogens is 233 g/mol. The second-order valence-electron chi connectivity index (χ2n) is 3.07. The largest absolute Gasteiger partial charge is 0.488 e. The number of aldehydes is 1. The van der Waals surface area contributed by atoms with E-state index in [0.717, 1.165) is 0 Å². The van der Waals surface area contributed by atoms with Crippen LogP contribution in [0.3, 0.4) is 0 Å². The minimum atomic E-state index is 0.0349. The fraction of sp³-hybridized carbons (Fsp3) is 0.182. The number of carbonyl (C=O) groups is 1. The lowest BCUT2D eigenvalue weighted by atomic mass is 10.2. The molecule has 0 aliphatic rings. The standard InChI is InChI=1S/C11H11ClFNO2/c12-10-3-8(6-15)1-2-11(10)16-7-9(4-13)5-14/h1-4,6H,5,7,14H2/b9-4-. The van der Waals surface area contributed by atoms with Crippen LogP contribution >= 0.6 is 11.6 Å². The van der Waals surface area contributed by atoms with Crippen LogP contribution in [0.15, 0.2) is 30.1 Å². The predicted molar refractivity (Wildman–Crippen MR) is 60.6 cm³/mol. The zero-order valence-electron chi connectivity index (χ0n) is 8.45. The number of nitrogens with two attached hydrogens (primary N) is 1. The maximum absolute atomic E-state index is 12.2. The smallest absolute Gasteiger partial charge is 0.150 e. The molecule has 16 heavy (non-hydrogen) atoms. The van der Waals surface area contributed by atoms with E-state index >= 15 is 0 Å². The van der Waals surface area contributed by atoms with Crippen molar-refractivity contribution in [2.24, 2.45) is 5.73 Å². The molecule has 0 bridgehead atoms. The van der Waals surface area contributed by atoms with E-state index < -0.39 is 0 Å². The maximum atomic E-state index is 12.2. The van der Waals surface area contributed by atoms with Gasteiger partial charge in [-0.25, -0.2) is 4.39 Å². The summed E-state index contributed by atoms with van der Waals surface area (Å²) in [4.78, 5) is 10.5. The maximum Gasteiger partial charge on any atom is 0.150 e. The van der Waals surface area contributed by atoms with Gasteiger partial charge in [-0.1, -0.05) is 11.6 Å². The van der Waals surface area contributed by atoms with Crippen LogP contribution in [-0.4, -0.2) is 19.4 Å². The van der Waals surface area contributed by atoms with Crippen LogP contribution < -0.4 is 10.5 Å². The number of hydrogen-bond acceptors (Lipinski definition) is 3. The van der Waals surface area contributed by atoms with E-state index in [2.05, 4.69) is 0 Å². The van der Waals surface area contributed by atoms with E-state index in [9.17, 15) is 9.18 Å². The quantitative estimate of drug-likeness (QED) is 0.808. The first-order valence-corrected chi connectivity index (χ1v) is 4.94. The third-order valence-electron chi connectivity index (χ3n) is 1.92. The molecule has 0 saturated carbocycles. The summed E-state index contributed by atoms with van der Waals surface area (Å²) in [6, 6.07) is 4.60. The van der Waals surface area contributed by atoms with Crippen molar-refractivity contribution in [2.45, 2.75) is 0 Å². The van der Waals surface area contributed by atoms with E-state index in [1.54, 1.807) is 12.1 Å². The van der Waals surface area contributed by atoms with Crippen LogP contribution in [0.4, 0.5) is 4.39 Å². The van der Waals surface area contributed by atoms with Gasteiger partial charge >= 0.3 is 0 Å². The second kappa shape index (κ2) is 6.25. The van der Waals surface area contributed by atoms with Crippen LogP contribution in [0.2, 0.25) is 5.02 Å². The molecule has 0 spiro atoms. The minimum absolute atomic E-state index is 0.0349. The van der Waals surface area contributed by atoms with Crippen molar-refractivity contribution in [3.8, 4) is 5.75 Å². The van der Waals surface area contributed by atoms with E-state index in [-0.39, 0.29) is 13.2 Å². The van der Waals surface area contributed by atoms with Gasteiger partial charge in [-0.05, 0) is 18.2 Å². The van der Waals surface area contributed by atoms with Gasteiger partial charge in [-0.2, -0.15) is 0 Å². The molecule has 0 aliphatic carbocycles. The van der Waals surface area contributed by atoms with Crippen LogP contribution in [0.1, 0.15) is 10.4 Å². The number of ether oxygens (including phenoxy) is 1. The Morgan fingerprint density at radius 3 is 2.81 bits per heavy atom. The predicted octanol–water partition coefficient (Wildman–Crippen LogP) is 2.34. The highest BCUT2D eigenvalue weighted by atomic mass is 35.5. The first-order chi connectivity index (χ1) is 7.71. The Bertz CT molecular complexity index is 407. The summed E-state index contributed by atoms with van der Waals surface area (Å²) in [6.45, 7) is 0.119. The van der Waals surface area contributed by atoms with Crippen LogP contribution in [0.25, 0.3) is 0 Å². The zero-order valence-corrected chi connectivity index (χ0v) is 9.21. The van der Waals surface area contributed by atoms with Crippen molar-refractivity contribution in [1.82, 2.24) is 0 Å². The summed E-state index contributed by atoms with van der Waals surface area (Å²) < 4.78 is 17.4. The fourth-order valence-corrected chi connectivity index (χ4v) is 1.26. The first-order valence-electron chi connectivity index (χ1n) is 4.57. The van der Waals surface area contributed by atoms with Gasteiger partial charge in [0.05, 0.1) is 11.4 Å². The summed E-state index contributed by atoms with van der Waals surface area (Å²) in [5.74, 6) is 0.389. The molecule has 0 amide bonds. The highest BCUT2D eigenvalue weighted by Crippen LogP contribution is 2.25. The molecule has 0 fully saturated rings. The molecule has 86 valence electrons. The highest BCUT2D eigenvalue weighted by molar-refractivity contribution is 6.32. The summed E-state index contributed by atoms with van der Waals surface area (Å²) in [5.41, 5.74) is 6.05. The molecule has 0 heterocycles. The number of hydrogen-bond donors (Lipinski definition) is 1. The second-order valence-corrected chi connectivity index (χ2v) is 3.48. The van der Waals surface area contributed by atoms with Crippen molar-refractivity contribution >= 4 is 17.9 Å². The Labute approximate surface area is 97.7 Å². The number of benzene rings is 1. The molecule has 0 aromatic heterocycles. The van der Waals surface area contributed by atoms with Crippen LogP contribution in [0.5, 0.6) is 5.75 Å². The molecule has 1 rings (SSSR count). The topological polar surface area (TPSA) is 52.3 Å². The van der Waals surface area contributed by atoms with Crippen molar-refractivity contribution in [3.05, 3.63) is 40.7 Å². The monoisotopic (exact) mass is 243 g/mol. The lowest BCUT2D eigenvalue weighted by molar-refractivity contribution is 0.112. The molecule has 0 saturated heterocycles. The number of rotatable bonds is 5. The summed E-state index contributed by atoms with van der Waals surface area (Å²) in [6.07, 6.45) is 1.09. The van der Waals surface area contributed by atoms with E-state index in [4.69, 9.17) is 22.1 Å². The third kappa shape index (κ3) is 3.32. The molecule has 0 atom stereocenters. The van der Waals surface area contributed by atoms with Gasteiger partial charge in [0.1, 0.15) is 18.6 Å². The fourth-order valence-electron chi connectivity index (χ4n) is 1.01. The highest BCUT2D eigenvalue weighted by Gasteiger charge is 2.04. The van der Waals surface area contributed by atoms with Gasteiger partial charge in [-0.3, -0.25) is 4.79 Å². The van der Waals surface area contributed by atoms with Gasteiger partial charge in [0.15, 0.2) is 0 Å². The van der Waals surface area contributed by atoms with E-state index in [1.165, 1.54) is 6.07 Å². The van der Waals surface area contributed by atoms with E-state index in [0.29, 0.717) is 34.5 Å². The molecule has 0 radical (unpaired) electrons. The Morgan fingerprint density at radius 1 is 1.56 bits per heavy atom. The van der Waals surface area contributed by atoms with Crippen LogP contribution in [0, 0.1) is 0 Å². The SMILES string of the molecule is NC/C(=C/F)COc1ccc(C=O)cc1Cl. The molecule has 1 aromatic carbocycles. The van der Waals surface area contributed by atoms with Crippen molar-refractivity contribution < 1.29 is 13.9 Å². The van der Waals surface area contributed by atoms with Crippen molar-refractivity contribution in [2.75, 3.05) is 13.2 Å². The normalized spacial score (nSPS) is 11.3. The molecule has 2 N–H and O–H groups in total. The van der Waals surface area contributed by atoms with Gasteiger partial charge in [0.2, 0.25) is 0 Å². The summed E-state index contributed by atoms with van der Waals surface area (Å²) in [5, 5.41) is 0.305. The molecule has 3 nitrogen and oxygen atoms in total. The number of carbonyl (C=O) groups excluding carboxylic acids is 1.